The van der Waals surface area contributed by atoms with Crippen LogP contribution < -0.4 is 10.0 Å². The van der Waals surface area contributed by atoms with Crippen molar-refractivity contribution in [3.05, 3.63) is 71.3 Å². The third kappa shape index (κ3) is 6.55. The quantitative estimate of drug-likeness (QED) is 0.346. The van der Waals surface area contributed by atoms with Gasteiger partial charge in [0.05, 0.1) is 4.90 Å². The molecule has 2 N–H and O–H groups in total. The Kier molecular flexibility index (Phi) is 9.32. The molecule has 0 bridgehead atoms. The number of sulfonamides is 1. The Hall–Kier alpha value is -1.91. The minimum Gasteiger partial charge on any atom is -0.352 e. The van der Waals surface area contributed by atoms with Crippen LogP contribution in [0.15, 0.2) is 70.1 Å². The van der Waals surface area contributed by atoms with Gasteiger partial charge in [0.2, 0.25) is 10.0 Å². The Morgan fingerprint density at radius 2 is 1.70 bits per heavy atom. The van der Waals surface area contributed by atoms with Crippen LogP contribution >= 0.6 is 24.0 Å². The number of nitrogens with one attached hydrogen (secondary N) is 2. The van der Waals surface area contributed by atoms with Crippen molar-refractivity contribution in [1.82, 2.24) is 14.9 Å². The van der Waals surface area contributed by atoms with E-state index in [0.717, 1.165) is 37.5 Å². The van der Waals surface area contributed by atoms with Crippen LogP contribution in [0.5, 0.6) is 0 Å². The van der Waals surface area contributed by atoms with Crippen LogP contribution in [0.4, 0.5) is 0 Å². The highest BCUT2D eigenvalue weighted by Gasteiger charge is 2.17. The first-order valence-electron chi connectivity index (χ1n) is 9.74. The van der Waals surface area contributed by atoms with E-state index in [0.29, 0.717) is 6.54 Å². The summed E-state index contributed by atoms with van der Waals surface area (Å²) in [5, 5.41) is 3.38. The average Bonchev–Trinajstić information content (AvgIpc) is 2.76. The van der Waals surface area contributed by atoms with Gasteiger partial charge >= 0.3 is 0 Å². The van der Waals surface area contributed by atoms with Crippen LogP contribution in [0.25, 0.3) is 6.08 Å². The lowest BCUT2D eigenvalue weighted by Gasteiger charge is -2.31. The highest BCUT2D eigenvalue weighted by Crippen LogP contribution is 2.19. The first-order chi connectivity index (χ1) is 14.0. The summed E-state index contributed by atoms with van der Waals surface area (Å²) in [5.74, 6) is 0.871. The van der Waals surface area contributed by atoms with Crippen molar-refractivity contribution in [1.29, 1.82) is 0 Å². The predicted octanol–water partition coefficient (Wildman–Crippen LogP) is 3.47. The topological polar surface area (TPSA) is 73.8 Å². The summed E-state index contributed by atoms with van der Waals surface area (Å²) in [6.07, 6.45) is 4.33. The number of benzene rings is 2. The Balaban J connectivity index is 0.00000320. The van der Waals surface area contributed by atoms with E-state index in [1.165, 1.54) is 18.2 Å². The summed E-state index contributed by atoms with van der Waals surface area (Å²) in [6.45, 7) is 2.45. The third-order valence-electron chi connectivity index (χ3n) is 5.04. The van der Waals surface area contributed by atoms with Crippen LogP contribution in [0.1, 0.15) is 24.0 Å². The van der Waals surface area contributed by atoms with Crippen LogP contribution in [0, 0.1) is 0 Å². The van der Waals surface area contributed by atoms with Crippen LogP contribution in [0.2, 0.25) is 0 Å². The Morgan fingerprint density at radius 3 is 2.27 bits per heavy atom. The van der Waals surface area contributed by atoms with E-state index in [1.54, 1.807) is 19.2 Å². The maximum Gasteiger partial charge on any atom is 0.240 e. The summed E-state index contributed by atoms with van der Waals surface area (Å²) in [4.78, 5) is 6.94. The van der Waals surface area contributed by atoms with Gasteiger partial charge in [0.15, 0.2) is 5.96 Å². The van der Waals surface area contributed by atoms with Crippen molar-refractivity contribution in [2.24, 2.45) is 4.99 Å². The summed E-state index contributed by atoms with van der Waals surface area (Å²) < 4.78 is 26.0. The molecule has 30 heavy (non-hydrogen) atoms. The standard InChI is InChI=1S/C22H28N4O2S.HI/c1-23-22(25-17-20-8-10-21(11-9-20)29(27,28)24-2)26-14-12-19(13-15-26)16-18-6-4-3-5-7-18;/h3-11,16,24H,12-15,17H2,1-2H3,(H,23,25);1H. The number of nitrogens with zero attached hydrogens (tertiary/aromatic N) is 2. The van der Waals surface area contributed by atoms with Crippen molar-refractivity contribution >= 4 is 46.0 Å². The number of hydrogen-bond acceptors (Lipinski definition) is 3. The molecule has 1 saturated heterocycles. The van der Waals surface area contributed by atoms with E-state index in [2.05, 4.69) is 50.3 Å². The highest BCUT2D eigenvalue weighted by atomic mass is 127. The van der Waals surface area contributed by atoms with Crippen LogP contribution in [-0.2, 0) is 16.6 Å². The second kappa shape index (κ2) is 11.5. The molecule has 1 aliphatic rings. The molecule has 8 heteroatoms. The van der Waals surface area contributed by atoms with Gasteiger partial charge in [-0.1, -0.05) is 54.1 Å². The second-order valence-electron chi connectivity index (χ2n) is 6.95. The number of rotatable bonds is 5. The van der Waals surface area contributed by atoms with E-state index in [-0.39, 0.29) is 28.9 Å². The zero-order valence-electron chi connectivity index (χ0n) is 17.3. The third-order valence-corrected chi connectivity index (χ3v) is 6.47. The van der Waals surface area contributed by atoms with Gasteiger partial charge in [0.25, 0.3) is 0 Å². The van der Waals surface area contributed by atoms with Crippen LogP contribution in [-0.4, -0.2) is 46.5 Å². The number of hydrogen-bond donors (Lipinski definition) is 2. The molecule has 6 nitrogen and oxygen atoms in total. The molecular weight excluding hydrogens is 511 g/mol. The molecule has 0 atom stereocenters. The van der Waals surface area contributed by atoms with Gasteiger partial charge < -0.3 is 10.2 Å². The minimum atomic E-state index is -3.40. The Bertz CT molecular complexity index is 964. The molecule has 1 fully saturated rings. The van der Waals surface area contributed by atoms with Crippen LogP contribution in [0.3, 0.4) is 0 Å². The van der Waals surface area contributed by atoms with Gasteiger partial charge in [0, 0.05) is 26.7 Å². The molecule has 2 aromatic carbocycles. The molecule has 0 unspecified atom stereocenters. The van der Waals surface area contributed by atoms with E-state index < -0.39 is 10.0 Å². The molecule has 0 aliphatic carbocycles. The largest absolute Gasteiger partial charge is 0.352 e. The molecule has 3 rings (SSSR count). The van der Waals surface area contributed by atoms with Crippen molar-refractivity contribution in [2.45, 2.75) is 24.3 Å². The van der Waals surface area contributed by atoms with Gasteiger partial charge in [-0.25, -0.2) is 13.1 Å². The molecule has 0 radical (unpaired) electrons. The fraction of sp³-hybridized carbons (Fsp3) is 0.318. The second-order valence-corrected chi connectivity index (χ2v) is 8.84. The van der Waals surface area contributed by atoms with Gasteiger partial charge in [-0.05, 0) is 43.1 Å². The lowest BCUT2D eigenvalue weighted by atomic mass is 10.0. The number of aliphatic imine (C=N–C) groups is 1. The smallest absolute Gasteiger partial charge is 0.240 e. The van der Waals surface area contributed by atoms with E-state index in [4.69, 9.17) is 0 Å². The molecule has 0 amide bonds. The lowest BCUT2D eigenvalue weighted by molar-refractivity contribution is 0.375. The van der Waals surface area contributed by atoms with Gasteiger partial charge in [-0.2, -0.15) is 0 Å². The molecule has 0 spiro atoms. The monoisotopic (exact) mass is 540 g/mol. The summed E-state index contributed by atoms with van der Waals surface area (Å²) in [6, 6.07) is 17.3. The lowest BCUT2D eigenvalue weighted by Crippen LogP contribution is -2.44. The predicted molar refractivity (Wildman–Crippen MR) is 134 cm³/mol. The molecule has 1 aliphatic heterocycles. The van der Waals surface area contributed by atoms with E-state index in [9.17, 15) is 8.42 Å². The molecule has 162 valence electrons. The fourth-order valence-corrected chi connectivity index (χ4v) is 4.08. The summed E-state index contributed by atoms with van der Waals surface area (Å²) in [7, 11) is -0.201. The van der Waals surface area contributed by atoms with E-state index >= 15 is 0 Å². The molecule has 1 heterocycles. The van der Waals surface area contributed by atoms with Gasteiger partial charge in [-0.15, -0.1) is 24.0 Å². The first-order valence-corrected chi connectivity index (χ1v) is 11.2. The summed E-state index contributed by atoms with van der Waals surface area (Å²) in [5.41, 5.74) is 3.72. The molecular formula is C22H29IN4O2S. The maximum absolute atomic E-state index is 11.8. The number of halogens is 1. The fourth-order valence-electron chi connectivity index (χ4n) is 3.35. The maximum atomic E-state index is 11.8. The number of piperidine rings is 1. The number of likely N-dealkylation sites (tertiary alicyclic amines) is 1. The first kappa shape index (κ1) is 24.4. The zero-order valence-corrected chi connectivity index (χ0v) is 20.5. The van der Waals surface area contributed by atoms with Crippen molar-refractivity contribution in [3.8, 4) is 0 Å². The average molecular weight is 540 g/mol. The Morgan fingerprint density at radius 1 is 1.07 bits per heavy atom. The molecule has 0 aromatic heterocycles. The van der Waals surface area contributed by atoms with Crippen molar-refractivity contribution in [2.75, 3.05) is 27.2 Å². The Labute approximate surface area is 196 Å². The molecule has 0 saturated carbocycles. The van der Waals surface area contributed by atoms with E-state index in [1.807, 2.05) is 18.2 Å². The minimum absolute atomic E-state index is 0. The van der Waals surface area contributed by atoms with Gasteiger partial charge in [-0.3, -0.25) is 4.99 Å². The van der Waals surface area contributed by atoms with Crippen molar-refractivity contribution in [3.63, 3.8) is 0 Å². The SMILES string of the molecule is CN=C(NCc1ccc(S(=O)(=O)NC)cc1)N1CCC(=Cc2ccccc2)CC1.I. The molecule has 2 aromatic rings. The summed E-state index contributed by atoms with van der Waals surface area (Å²) >= 11 is 0. The number of guanidine groups is 1. The zero-order chi connectivity index (χ0) is 20.7. The van der Waals surface area contributed by atoms with Crippen molar-refractivity contribution < 1.29 is 8.42 Å². The van der Waals surface area contributed by atoms with Gasteiger partial charge in [0.1, 0.15) is 0 Å². The highest BCUT2D eigenvalue weighted by molar-refractivity contribution is 14.0. The normalized spacial score (nSPS) is 14.8.